The summed E-state index contributed by atoms with van der Waals surface area (Å²) in [6.07, 6.45) is 1.06. The molecular weight excluding hydrogens is 248 g/mol. The lowest BCUT2D eigenvalue weighted by molar-refractivity contribution is -0.123. The Morgan fingerprint density at radius 1 is 1.20 bits per heavy atom. The molecule has 0 heterocycles. The van der Waals surface area contributed by atoms with Crippen molar-refractivity contribution in [2.45, 2.75) is 46.7 Å². The van der Waals surface area contributed by atoms with Gasteiger partial charge >= 0.3 is 0 Å². The second-order valence-corrected chi connectivity index (χ2v) is 5.80. The van der Waals surface area contributed by atoms with Gasteiger partial charge in [-0.15, -0.1) is 0 Å². The lowest BCUT2D eigenvalue weighted by atomic mass is 10.1. The van der Waals surface area contributed by atoms with Crippen LogP contribution in [0.4, 0.5) is 0 Å². The highest BCUT2D eigenvalue weighted by molar-refractivity contribution is 5.78. The van der Waals surface area contributed by atoms with Crippen LogP contribution in [-0.2, 0) is 11.3 Å². The number of nitrogens with zero attached hydrogens (tertiary/aromatic N) is 1. The molecule has 0 aromatic heterocycles. The van der Waals surface area contributed by atoms with Crippen molar-refractivity contribution in [1.82, 2.24) is 10.2 Å². The fourth-order valence-corrected chi connectivity index (χ4v) is 2.04. The lowest BCUT2D eigenvalue weighted by Crippen LogP contribution is -2.42. The maximum atomic E-state index is 12.1. The van der Waals surface area contributed by atoms with Crippen LogP contribution in [0.1, 0.15) is 39.7 Å². The van der Waals surface area contributed by atoms with Crippen molar-refractivity contribution < 1.29 is 4.79 Å². The number of rotatable bonds is 8. The van der Waals surface area contributed by atoms with Crippen LogP contribution in [-0.4, -0.2) is 29.9 Å². The number of carbonyl (C=O) groups excluding carboxylic acids is 1. The molecule has 1 amide bonds. The van der Waals surface area contributed by atoms with E-state index in [1.165, 1.54) is 5.56 Å². The lowest BCUT2D eigenvalue weighted by Gasteiger charge is -2.23. The molecule has 0 radical (unpaired) electrons. The third kappa shape index (κ3) is 6.20. The van der Waals surface area contributed by atoms with Gasteiger partial charge in [0.2, 0.25) is 5.91 Å². The van der Waals surface area contributed by atoms with Crippen LogP contribution in [0.15, 0.2) is 30.3 Å². The molecule has 0 aliphatic rings. The van der Waals surface area contributed by atoms with Gasteiger partial charge in [0.1, 0.15) is 0 Å². The van der Waals surface area contributed by atoms with Gasteiger partial charge in [0.15, 0.2) is 0 Å². The molecule has 0 saturated heterocycles. The normalized spacial score (nSPS) is 12.7. The SMILES string of the molecule is CCCN(CC(=O)NC(C)C(C)C)Cc1ccccc1. The van der Waals surface area contributed by atoms with Crippen LogP contribution in [0.5, 0.6) is 0 Å². The van der Waals surface area contributed by atoms with E-state index < -0.39 is 0 Å². The Labute approximate surface area is 123 Å². The van der Waals surface area contributed by atoms with Gasteiger partial charge in [0, 0.05) is 12.6 Å². The summed E-state index contributed by atoms with van der Waals surface area (Å²) < 4.78 is 0. The van der Waals surface area contributed by atoms with Gasteiger partial charge in [0.05, 0.1) is 6.54 Å². The van der Waals surface area contributed by atoms with Gasteiger partial charge in [-0.3, -0.25) is 9.69 Å². The highest BCUT2D eigenvalue weighted by Gasteiger charge is 2.14. The summed E-state index contributed by atoms with van der Waals surface area (Å²) in [6, 6.07) is 10.5. The molecule has 112 valence electrons. The Balaban J connectivity index is 2.52. The number of nitrogens with one attached hydrogen (secondary N) is 1. The highest BCUT2D eigenvalue weighted by Crippen LogP contribution is 2.05. The van der Waals surface area contributed by atoms with Crippen LogP contribution < -0.4 is 5.32 Å². The molecule has 0 bridgehead atoms. The summed E-state index contributed by atoms with van der Waals surface area (Å²) >= 11 is 0. The molecule has 0 aliphatic heterocycles. The number of hydrogen-bond acceptors (Lipinski definition) is 2. The zero-order valence-corrected chi connectivity index (χ0v) is 13.2. The first-order valence-corrected chi connectivity index (χ1v) is 7.58. The number of carbonyl (C=O) groups is 1. The van der Waals surface area contributed by atoms with E-state index >= 15 is 0 Å². The van der Waals surface area contributed by atoms with Crippen molar-refractivity contribution in [3.8, 4) is 0 Å². The van der Waals surface area contributed by atoms with Crippen molar-refractivity contribution in [3.63, 3.8) is 0 Å². The minimum atomic E-state index is 0.121. The van der Waals surface area contributed by atoms with Crippen LogP contribution >= 0.6 is 0 Å². The molecule has 1 rings (SSSR count). The molecule has 0 saturated carbocycles. The monoisotopic (exact) mass is 276 g/mol. The van der Waals surface area contributed by atoms with Crippen molar-refractivity contribution in [2.75, 3.05) is 13.1 Å². The molecule has 0 spiro atoms. The molecule has 1 aromatic rings. The molecular formula is C17H28N2O. The van der Waals surface area contributed by atoms with E-state index in [0.717, 1.165) is 19.5 Å². The first kappa shape index (κ1) is 16.7. The zero-order chi connectivity index (χ0) is 15.0. The summed E-state index contributed by atoms with van der Waals surface area (Å²) in [5.41, 5.74) is 1.26. The highest BCUT2D eigenvalue weighted by atomic mass is 16.2. The molecule has 1 N–H and O–H groups in total. The Morgan fingerprint density at radius 3 is 2.40 bits per heavy atom. The van der Waals surface area contributed by atoms with E-state index in [0.29, 0.717) is 12.5 Å². The Hall–Kier alpha value is -1.35. The van der Waals surface area contributed by atoms with Crippen molar-refractivity contribution in [2.24, 2.45) is 5.92 Å². The molecule has 1 unspecified atom stereocenters. The van der Waals surface area contributed by atoms with E-state index in [4.69, 9.17) is 0 Å². The van der Waals surface area contributed by atoms with Gasteiger partial charge in [-0.2, -0.15) is 0 Å². The van der Waals surface area contributed by atoms with Gasteiger partial charge in [-0.1, -0.05) is 51.1 Å². The number of benzene rings is 1. The largest absolute Gasteiger partial charge is 0.352 e. The Morgan fingerprint density at radius 2 is 1.85 bits per heavy atom. The van der Waals surface area contributed by atoms with Gasteiger partial charge in [-0.05, 0) is 31.4 Å². The van der Waals surface area contributed by atoms with Crippen molar-refractivity contribution in [3.05, 3.63) is 35.9 Å². The van der Waals surface area contributed by atoms with E-state index in [1.54, 1.807) is 0 Å². The minimum absolute atomic E-state index is 0.121. The van der Waals surface area contributed by atoms with Crippen LogP contribution in [0.25, 0.3) is 0 Å². The molecule has 3 nitrogen and oxygen atoms in total. The minimum Gasteiger partial charge on any atom is -0.352 e. The predicted octanol–water partition coefficient (Wildman–Crippen LogP) is 3.06. The van der Waals surface area contributed by atoms with Gasteiger partial charge in [-0.25, -0.2) is 0 Å². The topological polar surface area (TPSA) is 32.3 Å². The summed E-state index contributed by atoms with van der Waals surface area (Å²) in [6.45, 7) is 10.7. The van der Waals surface area contributed by atoms with Gasteiger partial charge in [0.25, 0.3) is 0 Å². The van der Waals surface area contributed by atoms with Crippen LogP contribution in [0, 0.1) is 5.92 Å². The number of amides is 1. The second-order valence-electron chi connectivity index (χ2n) is 5.80. The van der Waals surface area contributed by atoms with E-state index in [9.17, 15) is 4.79 Å². The van der Waals surface area contributed by atoms with Crippen LogP contribution in [0.2, 0.25) is 0 Å². The average molecular weight is 276 g/mol. The van der Waals surface area contributed by atoms with E-state index in [-0.39, 0.29) is 11.9 Å². The fraction of sp³-hybridized carbons (Fsp3) is 0.588. The summed E-state index contributed by atoms with van der Waals surface area (Å²) in [4.78, 5) is 14.3. The average Bonchev–Trinajstić information content (AvgIpc) is 2.39. The Bertz CT molecular complexity index is 389. The third-order valence-corrected chi connectivity index (χ3v) is 3.54. The quantitative estimate of drug-likeness (QED) is 0.791. The molecule has 3 heteroatoms. The summed E-state index contributed by atoms with van der Waals surface area (Å²) in [5.74, 6) is 0.586. The fourth-order valence-electron chi connectivity index (χ4n) is 2.04. The van der Waals surface area contributed by atoms with E-state index in [1.807, 2.05) is 18.2 Å². The standard InChI is InChI=1S/C17H28N2O/c1-5-11-19(12-16-9-7-6-8-10-16)13-17(20)18-15(4)14(2)3/h6-10,14-15H,5,11-13H2,1-4H3,(H,18,20). The Kier molecular flexibility index (Phi) is 7.31. The molecule has 1 atom stereocenters. The molecule has 0 fully saturated rings. The first-order chi connectivity index (χ1) is 9.52. The molecule has 0 aliphatic carbocycles. The van der Waals surface area contributed by atoms with Crippen molar-refractivity contribution >= 4 is 5.91 Å². The molecule has 1 aromatic carbocycles. The maximum Gasteiger partial charge on any atom is 0.234 e. The second kappa shape index (κ2) is 8.75. The predicted molar refractivity (Wildman–Crippen MR) is 84.5 cm³/mol. The third-order valence-electron chi connectivity index (χ3n) is 3.54. The maximum absolute atomic E-state index is 12.1. The summed E-state index contributed by atoms with van der Waals surface area (Å²) in [7, 11) is 0. The summed E-state index contributed by atoms with van der Waals surface area (Å²) in [5, 5.41) is 3.07. The smallest absolute Gasteiger partial charge is 0.234 e. The van der Waals surface area contributed by atoms with Crippen molar-refractivity contribution in [1.29, 1.82) is 0 Å². The number of hydrogen-bond donors (Lipinski definition) is 1. The van der Waals surface area contributed by atoms with Gasteiger partial charge < -0.3 is 5.32 Å². The zero-order valence-electron chi connectivity index (χ0n) is 13.2. The molecule has 20 heavy (non-hydrogen) atoms. The first-order valence-electron chi connectivity index (χ1n) is 7.58. The van der Waals surface area contributed by atoms with Crippen LogP contribution in [0.3, 0.4) is 0 Å². The van der Waals surface area contributed by atoms with E-state index in [2.05, 4.69) is 50.0 Å².